The average Bonchev–Trinajstić information content (AvgIpc) is 2.88. The summed E-state index contributed by atoms with van der Waals surface area (Å²) >= 11 is 0. The van der Waals surface area contributed by atoms with E-state index in [0.717, 1.165) is 5.56 Å². The van der Waals surface area contributed by atoms with Gasteiger partial charge in [-0.25, -0.2) is 4.68 Å². The molecule has 2 rings (SSSR count). The van der Waals surface area contributed by atoms with Gasteiger partial charge in [-0.3, -0.25) is 4.79 Å². The van der Waals surface area contributed by atoms with Crippen LogP contribution in [0.15, 0.2) is 30.5 Å². The second kappa shape index (κ2) is 6.21. The van der Waals surface area contributed by atoms with Crippen LogP contribution in [0, 0.1) is 6.92 Å². The number of hydrogen-bond acceptors (Lipinski definition) is 4. The van der Waals surface area contributed by atoms with E-state index in [9.17, 15) is 4.79 Å². The fraction of sp³-hybridized carbons (Fsp3) is 0.286. The van der Waals surface area contributed by atoms with Crippen molar-refractivity contribution in [2.24, 2.45) is 0 Å². The monoisotopic (exact) mass is 275 g/mol. The van der Waals surface area contributed by atoms with Crippen molar-refractivity contribution in [1.29, 1.82) is 0 Å². The van der Waals surface area contributed by atoms with Crippen LogP contribution in [0.5, 0.6) is 5.75 Å². The molecule has 0 spiro atoms. The van der Waals surface area contributed by atoms with Crippen LogP contribution in [-0.4, -0.2) is 29.9 Å². The second-order valence-electron chi connectivity index (χ2n) is 4.32. The van der Waals surface area contributed by atoms with Crippen molar-refractivity contribution in [3.8, 4) is 5.75 Å². The van der Waals surface area contributed by atoms with Crippen molar-refractivity contribution in [3.05, 3.63) is 41.7 Å². The average molecular weight is 275 g/mol. The van der Waals surface area contributed by atoms with E-state index in [1.165, 1.54) is 0 Å². The molecule has 0 aliphatic heterocycles. The predicted molar refractivity (Wildman–Crippen MR) is 74.9 cm³/mol. The molecule has 0 aliphatic carbocycles. The van der Waals surface area contributed by atoms with Gasteiger partial charge in [-0.1, -0.05) is 6.07 Å². The molecule has 0 bridgehead atoms. The Morgan fingerprint density at radius 3 is 2.85 bits per heavy atom. The summed E-state index contributed by atoms with van der Waals surface area (Å²) in [6.07, 6.45) is 1.69. The van der Waals surface area contributed by atoms with Crippen molar-refractivity contribution in [3.63, 3.8) is 0 Å². The van der Waals surface area contributed by atoms with E-state index in [4.69, 9.17) is 9.47 Å². The lowest BCUT2D eigenvalue weighted by Gasteiger charge is -2.10. The van der Waals surface area contributed by atoms with E-state index in [1.807, 2.05) is 25.1 Å². The van der Waals surface area contributed by atoms with Crippen LogP contribution in [0.4, 0.5) is 5.69 Å². The number of hydrogen-bond donors (Lipinski definition) is 1. The summed E-state index contributed by atoms with van der Waals surface area (Å²) in [4.78, 5) is 12.1. The molecule has 0 fully saturated rings. The third kappa shape index (κ3) is 3.16. The van der Waals surface area contributed by atoms with E-state index in [-0.39, 0.29) is 5.91 Å². The van der Waals surface area contributed by atoms with Gasteiger partial charge in [-0.05, 0) is 30.7 Å². The van der Waals surface area contributed by atoms with E-state index in [2.05, 4.69) is 10.4 Å². The highest BCUT2D eigenvalue weighted by molar-refractivity contribution is 6.03. The molecular weight excluding hydrogens is 258 g/mol. The Labute approximate surface area is 117 Å². The summed E-state index contributed by atoms with van der Waals surface area (Å²) < 4.78 is 11.7. The molecule has 0 radical (unpaired) electrons. The Morgan fingerprint density at radius 1 is 1.35 bits per heavy atom. The summed E-state index contributed by atoms with van der Waals surface area (Å²) in [5, 5.41) is 6.91. The Morgan fingerprint density at radius 2 is 2.15 bits per heavy atom. The normalized spacial score (nSPS) is 10.3. The van der Waals surface area contributed by atoms with Crippen LogP contribution in [0.2, 0.25) is 0 Å². The fourth-order valence-corrected chi connectivity index (χ4v) is 1.79. The largest absolute Gasteiger partial charge is 0.495 e. The van der Waals surface area contributed by atoms with Crippen molar-refractivity contribution in [2.45, 2.75) is 13.7 Å². The zero-order valence-electron chi connectivity index (χ0n) is 11.7. The van der Waals surface area contributed by atoms with Gasteiger partial charge in [0.15, 0.2) is 5.69 Å². The maximum Gasteiger partial charge on any atom is 0.276 e. The minimum absolute atomic E-state index is 0.288. The third-order valence-corrected chi connectivity index (χ3v) is 2.74. The molecule has 1 heterocycles. The smallest absolute Gasteiger partial charge is 0.276 e. The molecule has 6 heteroatoms. The van der Waals surface area contributed by atoms with Crippen LogP contribution in [0.3, 0.4) is 0 Å². The van der Waals surface area contributed by atoms with Gasteiger partial charge in [0.05, 0.1) is 12.8 Å². The standard InChI is InChI=1S/C14H17N3O3/c1-10-4-5-13(20-3)12(8-10)15-14(18)11-6-7-17(16-11)9-19-2/h4-8H,9H2,1-3H3,(H,15,18). The Kier molecular flexibility index (Phi) is 4.37. The Balaban J connectivity index is 2.16. The number of aromatic nitrogens is 2. The van der Waals surface area contributed by atoms with Gasteiger partial charge in [0.25, 0.3) is 5.91 Å². The highest BCUT2D eigenvalue weighted by Crippen LogP contribution is 2.25. The summed E-state index contributed by atoms with van der Waals surface area (Å²) in [5.41, 5.74) is 1.98. The highest BCUT2D eigenvalue weighted by Gasteiger charge is 2.12. The van der Waals surface area contributed by atoms with Gasteiger partial charge in [0, 0.05) is 13.3 Å². The van der Waals surface area contributed by atoms with E-state index in [1.54, 1.807) is 31.2 Å². The molecule has 1 aromatic carbocycles. The molecule has 1 N–H and O–H groups in total. The topological polar surface area (TPSA) is 65.4 Å². The number of methoxy groups -OCH3 is 2. The summed E-state index contributed by atoms with van der Waals surface area (Å²) in [5.74, 6) is 0.323. The SMILES string of the molecule is COCn1ccc(C(=O)Nc2cc(C)ccc2OC)n1. The van der Waals surface area contributed by atoms with Gasteiger partial charge < -0.3 is 14.8 Å². The van der Waals surface area contributed by atoms with Gasteiger partial charge in [-0.2, -0.15) is 5.10 Å². The lowest BCUT2D eigenvalue weighted by Crippen LogP contribution is -2.14. The fourth-order valence-electron chi connectivity index (χ4n) is 1.79. The van der Waals surface area contributed by atoms with Gasteiger partial charge in [0.1, 0.15) is 12.5 Å². The van der Waals surface area contributed by atoms with Gasteiger partial charge in [0.2, 0.25) is 0 Å². The number of ether oxygens (including phenoxy) is 2. The third-order valence-electron chi connectivity index (χ3n) is 2.74. The molecule has 1 aromatic heterocycles. The lowest BCUT2D eigenvalue weighted by atomic mass is 10.2. The molecule has 0 saturated heterocycles. The number of nitrogens with zero attached hydrogens (tertiary/aromatic N) is 2. The molecule has 20 heavy (non-hydrogen) atoms. The van der Waals surface area contributed by atoms with Crippen molar-refractivity contribution in [2.75, 3.05) is 19.5 Å². The molecule has 1 amide bonds. The van der Waals surface area contributed by atoms with Crippen molar-refractivity contribution < 1.29 is 14.3 Å². The zero-order chi connectivity index (χ0) is 14.5. The first-order valence-corrected chi connectivity index (χ1v) is 6.12. The summed E-state index contributed by atoms with van der Waals surface area (Å²) in [7, 11) is 3.13. The highest BCUT2D eigenvalue weighted by atomic mass is 16.5. The van der Waals surface area contributed by atoms with Crippen molar-refractivity contribution >= 4 is 11.6 Å². The molecule has 0 atom stereocenters. The lowest BCUT2D eigenvalue weighted by molar-refractivity contribution is 0.101. The van der Waals surface area contributed by atoms with Gasteiger partial charge in [-0.15, -0.1) is 0 Å². The van der Waals surface area contributed by atoms with Crippen LogP contribution >= 0.6 is 0 Å². The number of rotatable bonds is 5. The first-order chi connectivity index (χ1) is 9.63. The maximum atomic E-state index is 12.1. The molecule has 0 saturated carbocycles. The van der Waals surface area contributed by atoms with E-state index in [0.29, 0.717) is 23.9 Å². The van der Waals surface area contributed by atoms with E-state index >= 15 is 0 Å². The first kappa shape index (κ1) is 14.1. The van der Waals surface area contributed by atoms with Crippen LogP contribution in [0.25, 0.3) is 0 Å². The number of anilines is 1. The number of amides is 1. The summed E-state index contributed by atoms with van der Waals surface area (Å²) in [6, 6.07) is 7.22. The van der Waals surface area contributed by atoms with Crippen LogP contribution in [0.1, 0.15) is 16.1 Å². The first-order valence-electron chi connectivity index (χ1n) is 6.12. The number of nitrogens with one attached hydrogen (secondary N) is 1. The molecule has 106 valence electrons. The molecule has 6 nitrogen and oxygen atoms in total. The quantitative estimate of drug-likeness (QED) is 0.907. The number of carbonyl (C=O) groups is 1. The van der Waals surface area contributed by atoms with Crippen LogP contribution < -0.4 is 10.1 Å². The predicted octanol–water partition coefficient (Wildman–Crippen LogP) is 2.06. The Bertz CT molecular complexity index is 607. The molecular formula is C14H17N3O3. The zero-order valence-corrected chi connectivity index (χ0v) is 11.7. The van der Waals surface area contributed by atoms with Crippen molar-refractivity contribution in [1.82, 2.24) is 9.78 Å². The molecule has 0 unspecified atom stereocenters. The Hall–Kier alpha value is -2.34. The minimum Gasteiger partial charge on any atom is -0.495 e. The molecule has 2 aromatic rings. The second-order valence-corrected chi connectivity index (χ2v) is 4.32. The maximum absolute atomic E-state index is 12.1. The minimum atomic E-state index is -0.288. The summed E-state index contributed by atoms with van der Waals surface area (Å²) in [6.45, 7) is 2.25. The van der Waals surface area contributed by atoms with Gasteiger partial charge >= 0.3 is 0 Å². The van der Waals surface area contributed by atoms with E-state index < -0.39 is 0 Å². The molecule has 0 aliphatic rings. The van der Waals surface area contributed by atoms with Crippen LogP contribution in [-0.2, 0) is 11.5 Å². The number of carbonyl (C=O) groups excluding carboxylic acids is 1. The number of benzene rings is 1. The number of aryl methyl sites for hydroxylation is 1.